The highest BCUT2D eigenvalue weighted by Crippen LogP contribution is 2.51. The minimum absolute atomic E-state index is 0.0591. The summed E-state index contributed by atoms with van der Waals surface area (Å²) in [7, 11) is -4.20. The van der Waals surface area contributed by atoms with E-state index in [0.717, 1.165) is 35.1 Å². The topological polar surface area (TPSA) is 88.3 Å². The van der Waals surface area contributed by atoms with E-state index in [-0.39, 0.29) is 18.4 Å². The zero-order valence-corrected chi connectivity index (χ0v) is 19.4. The molecule has 184 valence electrons. The summed E-state index contributed by atoms with van der Waals surface area (Å²) in [4.78, 5) is 4.01. The molecular formula is C24H23F3N4O3S. The molecule has 3 aliphatic rings. The maximum Gasteiger partial charge on any atom is 0.402 e. The lowest BCUT2D eigenvalue weighted by molar-refractivity contribution is -0.136. The zero-order valence-electron chi connectivity index (χ0n) is 18.6. The zero-order chi connectivity index (χ0) is 24.4. The van der Waals surface area contributed by atoms with E-state index < -0.39 is 28.5 Å². The van der Waals surface area contributed by atoms with Gasteiger partial charge in [-0.15, -0.1) is 0 Å². The van der Waals surface area contributed by atoms with Crippen LogP contribution in [0.3, 0.4) is 0 Å². The fraction of sp³-hybridized carbons (Fsp3) is 0.417. The third kappa shape index (κ3) is 3.95. The van der Waals surface area contributed by atoms with Gasteiger partial charge in [-0.25, -0.2) is 0 Å². The Kier molecular flexibility index (Phi) is 5.10. The molecule has 1 N–H and O–H groups in total. The average molecular weight is 505 g/mol. The second-order valence-electron chi connectivity index (χ2n) is 9.71. The van der Waals surface area contributed by atoms with Crippen LogP contribution < -0.4 is 4.72 Å². The Morgan fingerprint density at radius 3 is 2.46 bits per heavy atom. The van der Waals surface area contributed by atoms with Gasteiger partial charge in [0.15, 0.2) is 5.76 Å². The van der Waals surface area contributed by atoms with E-state index in [1.165, 1.54) is 0 Å². The van der Waals surface area contributed by atoms with Crippen molar-refractivity contribution in [2.75, 3.05) is 13.1 Å². The van der Waals surface area contributed by atoms with Gasteiger partial charge in [-0.3, -0.25) is 4.98 Å². The van der Waals surface area contributed by atoms with Crippen molar-refractivity contribution in [2.45, 2.75) is 37.4 Å². The van der Waals surface area contributed by atoms with Crippen molar-refractivity contribution in [3.63, 3.8) is 0 Å². The molecule has 1 aliphatic heterocycles. The minimum atomic E-state index is -4.59. The highest BCUT2D eigenvalue weighted by atomic mass is 32.2. The van der Waals surface area contributed by atoms with Crippen molar-refractivity contribution in [1.82, 2.24) is 19.2 Å². The van der Waals surface area contributed by atoms with E-state index in [9.17, 15) is 21.6 Å². The lowest BCUT2D eigenvalue weighted by atomic mass is 9.79. The molecule has 0 unspecified atom stereocenters. The summed E-state index contributed by atoms with van der Waals surface area (Å²) in [6, 6.07) is 11.6. The van der Waals surface area contributed by atoms with Gasteiger partial charge in [0.2, 0.25) is 0 Å². The van der Waals surface area contributed by atoms with E-state index in [1.807, 2.05) is 36.4 Å². The Labute approximate surface area is 200 Å². The Morgan fingerprint density at radius 2 is 1.74 bits per heavy atom. The van der Waals surface area contributed by atoms with Crippen molar-refractivity contribution >= 4 is 10.2 Å². The van der Waals surface area contributed by atoms with Crippen LogP contribution >= 0.6 is 0 Å². The number of nitrogens with zero attached hydrogens (tertiary/aromatic N) is 3. The molecule has 1 saturated carbocycles. The first kappa shape index (κ1) is 22.7. The van der Waals surface area contributed by atoms with E-state index in [2.05, 4.69) is 14.9 Å². The summed E-state index contributed by atoms with van der Waals surface area (Å²) >= 11 is 0. The lowest BCUT2D eigenvalue weighted by Crippen LogP contribution is -2.52. The molecule has 3 heterocycles. The minimum Gasteiger partial charge on any atom is -0.356 e. The summed E-state index contributed by atoms with van der Waals surface area (Å²) < 4.78 is 73.4. The average Bonchev–Trinajstić information content (AvgIpc) is 3.43. The van der Waals surface area contributed by atoms with Gasteiger partial charge < -0.3 is 4.52 Å². The molecule has 3 atom stereocenters. The molecule has 6 rings (SSSR count). The fourth-order valence-corrected chi connectivity index (χ4v) is 7.78. The Balaban J connectivity index is 1.30. The molecule has 2 aliphatic carbocycles. The Morgan fingerprint density at radius 1 is 1.03 bits per heavy atom. The van der Waals surface area contributed by atoms with Gasteiger partial charge in [0, 0.05) is 36.1 Å². The van der Waals surface area contributed by atoms with Gasteiger partial charge >= 0.3 is 6.18 Å². The molecule has 1 aromatic carbocycles. The van der Waals surface area contributed by atoms with E-state index in [0.29, 0.717) is 28.6 Å². The van der Waals surface area contributed by atoms with E-state index in [1.54, 1.807) is 12.4 Å². The van der Waals surface area contributed by atoms with Gasteiger partial charge in [0.05, 0.1) is 5.54 Å². The molecule has 2 bridgehead atoms. The number of rotatable bonds is 3. The quantitative estimate of drug-likeness (QED) is 0.583. The van der Waals surface area contributed by atoms with E-state index >= 15 is 0 Å². The smallest absolute Gasteiger partial charge is 0.356 e. The summed E-state index contributed by atoms with van der Waals surface area (Å²) in [6.07, 6.45) is 1.54. The standard InChI is InChI=1S/C24H23F3N4O3S/c25-24(26,27)14-31-13-23(30-35(31,32)33)19-3-4-20(23)11-18-9-17(2-1-16(18)10-19)22-12-21(29-34-22)15-5-7-28-8-6-15/h1-2,5-9,12,19-20,30H,3-4,10-11,13-14H2/t19-,20+,23-/m1/s1. The highest BCUT2D eigenvalue weighted by molar-refractivity contribution is 7.87. The van der Waals surface area contributed by atoms with Crippen LogP contribution in [0.4, 0.5) is 13.2 Å². The molecular weight excluding hydrogens is 481 g/mol. The van der Waals surface area contributed by atoms with Crippen molar-refractivity contribution in [1.29, 1.82) is 0 Å². The lowest BCUT2D eigenvalue weighted by Gasteiger charge is -2.33. The van der Waals surface area contributed by atoms with Crippen LogP contribution in [0.5, 0.6) is 0 Å². The second-order valence-corrected chi connectivity index (χ2v) is 11.4. The Hall–Kier alpha value is -2.76. The number of hydrogen-bond acceptors (Lipinski definition) is 5. The van der Waals surface area contributed by atoms with Gasteiger partial charge in [0.1, 0.15) is 12.2 Å². The van der Waals surface area contributed by atoms with E-state index in [4.69, 9.17) is 4.52 Å². The predicted molar refractivity (Wildman–Crippen MR) is 121 cm³/mol. The summed E-state index contributed by atoms with van der Waals surface area (Å²) in [5, 5.41) is 4.17. The molecule has 2 fully saturated rings. The molecule has 1 saturated heterocycles. The van der Waals surface area contributed by atoms with Crippen molar-refractivity contribution in [2.24, 2.45) is 11.8 Å². The van der Waals surface area contributed by atoms with Gasteiger partial charge in [-0.2, -0.15) is 30.6 Å². The third-order valence-corrected chi connectivity index (χ3v) is 9.26. The number of hydrogen-bond donors (Lipinski definition) is 1. The fourth-order valence-electron chi connectivity index (χ4n) is 6.07. The maximum absolute atomic E-state index is 13.1. The normalized spacial score (nSPS) is 27.7. The van der Waals surface area contributed by atoms with Gasteiger partial charge in [-0.05, 0) is 66.8 Å². The number of halogens is 3. The van der Waals surface area contributed by atoms with Crippen molar-refractivity contribution in [3.8, 4) is 22.6 Å². The summed E-state index contributed by atoms with van der Waals surface area (Å²) in [5.41, 5.74) is 3.73. The van der Waals surface area contributed by atoms with Crippen LogP contribution in [0.1, 0.15) is 24.0 Å². The van der Waals surface area contributed by atoms with Crippen LogP contribution in [-0.4, -0.2) is 47.7 Å². The first-order valence-corrected chi connectivity index (χ1v) is 12.9. The largest absolute Gasteiger partial charge is 0.402 e. The number of aromatic nitrogens is 2. The van der Waals surface area contributed by atoms with Crippen molar-refractivity contribution < 1.29 is 26.1 Å². The molecule has 7 nitrogen and oxygen atoms in total. The number of pyridine rings is 1. The first-order chi connectivity index (χ1) is 16.6. The molecule has 0 amide bonds. The van der Waals surface area contributed by atoms with Crippen LogP contribution in [0.15, 0.2) is 53.3 Å². The molecule has 0 radical (unpaired) electrons. The van der Waals surface area contributed by atoms with Crippen LogP contribution in [0.25, 0.3) is 22.6 Å². The number of alkyl halides is 3. The molecule has 11 heteroatoms. The van der Waals surface area contributed by atoms with Crippen molar-refractivity contribution in [3.05, 3.63) is 59.9 Å². The predicted octanol–water partition coefficient (Wildman–Crippen LogP) is 3.98. The molecule has 35 heavy (non-hydrogen) atoms. The molecule has 2 aromatic heterocycles. The molecule has 1 spiro atoms. The number of benzene rings is 1. The summed E-state index contributed by atoms with van der Waals surface area (Å²) in [5.74, 6) is 0.469. The Bertz CT molecular complexity index is 1380. The summed E-state index contributed by atoms with van der Waals surface area (Å²) in [6.45, 7) is -1.62. The van der Waals surface area contributed by atoms with Gasteiger partial charge in [-0.1, -0.05) is 17.3 Å². The second kappa shape index (κ2) is 7.87. The SMILES string of the molecule is O=S1(=O)N[C@]2(CN1CC(F)(F)F)[C@@H]1CC[C@H]2Cc2cc(-c3cc(-c4ccncc4)no3)ccc2C1. The van der Waals surface area contributed by atoms with Crippen LogP contribution in [0.2, 0.25) is 0 Å². The van der Waals surface area contributed by atoms with Crippen LogP contribution in [0, 0.1) is 11.8 Å². The van der Waals surface area contributed by atoms with Crippen LogP contribution in [-0.2, 0) is 23.1 Å². The third-order valence-electron chi connectivity index (χ3n) is 7.68. The highest BCUT2D eigenvalue weighted by Gasteiger charge is 2.60. The molecule has 3 aromatic rings. The monoisotopic (exact) mass is 504 g/mol. The first-order valence-electron chi connectivity index (χ1n) is 11.5. The number of fused-ring (bicyclic) bond motifs is 1. The van der Waals surface area contributed by atoms with Gasteiger partial charge in [0.25, 0.3) is 10.2 Å². The number of nitrogens with one attached hydrogen (secondary N) is 1. The maximum atomic E-state index is 13.1.